The van der Waals surface area contributed by atoms with E-state index in [0.29, 0.717) is 10.2 Å². The fourth-order valence-electron chi connectivity index (χ4n) is 0.839. The van der Waals surface area contributed by atoms with Crippen LogP contribution in [0.2, 0.25) is 0 Å². The van der Waals surface area contributed by atoms with E-state index in [0.717, 1.165) is 0 Å². The first-order valence-corrected chi connectivity index (χ1v) is 4.29. The number of halogens is 3. The van der Waals surface area contributed by atoms with Crippen molar-refractivity contribution < 1.29 is 8.78 Å². The number of nitrogens with one attached hydrogen (secondary N) is 1. The zero-order valence-corrected chi connectivity index (χ0v) is 7.87. The molecule has 0 amide bonds. The Morgan fingerprint density at radius 2 is 2.17 bits per heavy atom. The van der Waals surface area contributed by atoms with Crippen LogP contribution < -0.4 is 5.32 Å². The Labute approximate surface area is 77.9 Å². The van der Waals surface area contributed by atoms with Crippen molar-refractivity contribution in [2.45, 2.75) is 0 Å². The largest absolute Gasteiger partial charge is 0.379 e. The van der Waals surface area contributed by atoms with Gasteiger partial charge in [-0.25, -0.2) is 8.78 Å². The van der Waals surface area contributed by atoms with E-state index in [1.807, 2.05) is 0 Å². The van der Waals surface area contributed by atoms with Gasteiger partial charge in [0, 0.05) is 11.0 Å². The summed E-state index contributed by atoms with van der Waals surface area (Å²) in [7, 11) is 0. The average molecular weight is 236 g/mol. The number of hydrogen-bond donors (Lipinski definition) is 1. The number of para-hydroxylation sites is 1. The summed E-state index contributed by atoms with van der Waals surface area (Å²) < 4.78 is 25.3. The van der Waals surface area contributed by atoms with Crippen LogP contribution in [0.4, 0.5) is 14.5 Å². The molecule has 0 aliphatic carbocycles. The Bertz CT molecular complexity index is 245. The van der Waals surface area contributed by atoms with Crippen LogP contribution in [0, 0.1) is 5.82 Å². The van der Waals surface area contributed by atoms with Gasteiger partial charge in [-0.3, -0.25) is 0 Å². The quantitative estimate of drug-likeness (QED) is 0.850. The molecule has 0 aromatic heterocycles. The van der Waals surface area contributed by atoms with Gasteiger partial charge in [0.05, 0.1) is 5.69 Å². The monoisotopic (exact) mass is 235 g/mol. The van der Waals surface area contributed by atoms with Gasteiger partial charge in [-0.05, 0) is 28.1 Å². The van der Waals surface area contributed by atoms with Gasteiger partial charge in [0.2, 0.25) is 0 Å². The van der Waals surface area contributed by atoms with Crippen LogP contribution in [0.15, 0.2) is 22.7 Å². The summed E-state index contributed by atoms with van der Waals surface area (Å²) in [5, 5.41) is 2.63. The second-order valence-electron chi connectivity index (χ2n) is 2.21. The molecule has 1 nitrogen and oxygen atoms in total. The lowest BCUT2D eigenvalue weighted by Crippen LogP contribution is -2.05. The molecule has 1 rings (SSSR count). The minimum absolute atomic E-state index is 0.125. The molecule has 0 fully saturated rings. The molecule has 0 heterocycles. The molecule has 66 valence electrons. The molecule has 0 saturated carbocycles. The van der Waals surface area contributed by atoms with E-state index >= 15 is 0 Å². The van der Waals surface area contributed by atoms with Gasteiger partial charge in [-0.1, -0.05) is 6.07 Å². The summed E-state index contributed by atoms with van der Waals surface area (Å²) in [6.45, 7) is -0.389. The zero-order valence-electron chi connectivity index (χ0n) is 6.28. The Morgan fingerprint density at radius 3 is 2.75 bits per heavy atom. The summed E-state index contributed by atoms with van der Waals surface area (Å²) in [5.41, 5.74) is 0.315. The predicted octanol–water partition coefficient (Wildman–Crippen LogP) is 2.97. The summed E-state index contributed by atoms with van der Waals surface area (Å²) >= 11 is 3.15. The van der Waals surface area contributed by atoms with Gasteiger partial charge in [0.25, 0.3) is 0 Å². The van der Waals surface area contributed by atoms with Crippen molar-refractivity contribution in [3.63, 3.8) is 0 Å². The number of benzene rings is 1. The lowest BCUT2D eigenvalue weighted by molar-refractivity contribution is 0.511. The van der Waals surface area contributed by atoms with E-state index in [1.54, 1.807) is 12.1 Å². The summed E-state index contributed by atoms with van der Waals surface area (Å²) in [4.78, 5) is 0. The topological polar surface area (TPSA) is 12.0 Å². The molecule has 4 heteroatoms. The third-order valence-electron chi connectivity index (χ3n) is 1.36. The Morgan fingerprint density at radius 1 is 1.42 bits per heavy atom. The molecular formula is C8H8BrF2N. The molecule has 0 atom stereocenters. The SMILES string of the molecule is FCCNc1c(F)cccc1Br. The molecule has 0 aliphatic rings. The van der Waals surface area contributed by atoms with Gasteiger partial charge in [-0.2, -0.15) is 0 Å². The average Bonchev–Trinajstić information content (AvgIpc) is 2.04. The second kappa shape index (κ2) is 4.40. The summed E-state index contributed by atoms with van der Waals surface area (Å²) in [6.07, 6.45) is 0. The maximum Gasteiger partial charge on any atom is 0.147 e. The van der Waals surface area contributed by atoms with Crippen LogP contribution in [-0.2, 0) is 0 Å². The van der Waals surface area contributed by atoms with Crippen LogP contribution in [-0.4, -0.2) is 13.2 Å². The van der Waals surface area contributed by atoms with Crippen molar-refractivity contribution in [3.8, 4) is 0 Å². The van der Waals surface area contributed by atoms with E-state index in [1.165, 1.54) is 6.07 Å². The van der Waals surface area contributed by atoms with Crippen molar-refractivity contribution in [1.29, 1.82) is 0 Å². The minimum atomic E-state index is -0.513. The van der Waals surface area contributed by atoms with Crippen LogP contribution >= 0.6 is 15.9 Å². The third kappa shape index (κ3) is 2.17. The molecule has 0 aliphatic heterocycles. The molecule has 0 saturated heterocycles. The number of alkyl halides is 1. The summed E-state index contributed by atoms with van der Waals surface area (Å²) in [6, 6.07) is 4.61. The van der Waals surface area contributed by atoms with Gasteiger partial charge in [0.1, 0.15) is 12.5 Å². The lowest BCUT2D eigenvalue weighted by atomic mass is 10.3. The molecule has 0 spiro atoms. The molecule has 0 radical (unpaired) electrons. The zero-order chi connectivity index (χ0) is 8.97. The highest BCUT2D eigenvalue weighted by molar-refractivity contribution is 9.10. The molecule has 1 N–H and O–H groups in total. The number of hydrogen-bond acceptors (Lipinski definition) is 1. The molecule has 1 aromatic rings. The highest BCUT2D eigenvalue weighted by Gasteiger charge is 2.03. The third-order valence-corrected chi connectivity index (χ3v) is 2.02. The van der Waals surface area contributed by atoms with E-state index in [9.17, 15) is 8.78 Å². The fraction of sp³-hybridized carbons (Fsp3) is 0.250. The molecular weight excluding hydrogens is 228 g/mol. The smallest absolute Gasteiger partial charge is 0.147 e. The molecule has 0 bridgehead atoms. The first-order chi connectivity index (χ1) is 5.75. The van der Waals surface area contributed by atoms with Crippen molar-refractivity contribution >= 4 is 21.6 Å². The van der Waals surface area contributed by atoms with Gasteiger partial charge in [0.15, 0.2) is 0 Å². The second-order valence-corrected chi connectivity index (χ2v) is 3.07. The fourth-order valence-corrected chi connectivity index (χ4v) is 1.32. The van der Waals surface area contributed by atoms with Crippen molar-refractivity contribution in [2.24, 2.45) is 0 Å². The molecule has 1 aromatic carbocycles. The highest BCUT2D eigenvalue weighted by atomic mass is 79.9. The lowest BCUT2D eigenvalue weighted by Gasteiger charge is -2.06. The highest BCUT2D eigenvalue weighted by Crippen LogP contribution is 2.24. The van der Waals surface area contributed by atoms with Crippen LogP contribution in [0.3, 0.4) is 0 Å². The number of rotatable bonds is 3. The Hall–Kier alpha value is -0.640. The van der Waals surface area contributed by atoms with Crippen LogP contribution in [0.1, 0.15) is 0 Å². The van der Waals surface area contributed by atoms with E-state index < -0.39 is 6.67 Å². The first kappa shape index (κ1) is 9.45. The van der Waals surface area contributed by atoms with Gasteiger partial charge < -0.3 is 5.32 Å². The van der Waals surface area contributed by atoms with Crippen molar-refractivity contribution in [3.05, 3.63) is 28.5 Å². The molecule has 12 heavy (non-hydrogen) atoms. The predicted molar refractivity (Wildman–Crippen MR) is 48.6 cm³/mol. The van der Waals surface area contributed by atoms with E-state index in [4.69, 9.17) is 0 Å². The van der Waals surface area contributed by atoms with Gasteiger partial charge >= 0.3 is 0 Å². The van der Waals surface area contributed by atoms with Gasteiger partial charge in [-0.15, -0.1) is 0 Å². The maximum absolute atomic E-state index is 13.0. The molecule has 0 unspecified atom stereocenters. The normalized spacial score (nSPS) is 9.92. The van der Waals surface area contributed by atoms with Crippen molar-refractivity contribution in [1.82, 2.24) is 0 Å². The minimum Gasteiger partial charge on any atom is -0.379 e. The number of anilines is 1. The Balaban J connectivity index is 2.81. The van der Waals surface area contributed by atoms with E-state index in [2.05, 4.69) is 21.2 Å². The van der Waals surface area contributed by atoms with E-state index in [-0.39, 0.29) is 12.4 Å². The van der Waals surface area contributed by atoms with Crippen LogP contribution in [0.5, 0.6) is 0 Å². The maximum atomic E-state index is 13.0. The van der Waals surface area contributed by atoms with Crippen molar-refractivity contribution in [2.75, 3.05) is 18.5 Å². The standard InChI is InChI=1S/C8H8BrF2N/c9-6-2-1-3-7(11)8(6)12-5-4-10/h1-3,12H,4-5H2. The van der Waals surface area contributed by atoms with Crippen LogP contribution in [0.25, 0.3) is 0 Å². The first-order valence-electron chi connectivity index (χ1n) is 3.49. The summed E-state index contributed by atoms with van der Waals surface area (Å²) in [5.74, 6) is -0.377. The Kier molecular flexibility index (Phi) is 3.47.